The summed E-state index contributed by atoms with van der Waals surface area (Å²) in [5, 5.41) is 0. The second-order valence-corrected chi connectivity index (χ2v) is 8.54. The molecule has 1 unspecified atom stereocenters. The summed E-state index contributed by atoms with van der Waals surface area (Å²) >= 11 is 0. The van der Waals surface area contributed by atoms with Gasteiger partial charge in [-0.15, -0.1) is 0 Å². The molecule has 1 aliphatic heterocycles. The maximum absolute atomic E-state index is 13.7. The van der Waals surface area contributed by atoms with E-state index in [1.54, 1.807) is 18.0 Å². The third kappa shape index (κ3) is 5.09. The number of aryl methyl sites for hydroxylation is 1. The SMILES string of the molecule is CCOC(=O)C1CCCN(C(=O)c2cnc(-c3cccc(C)c3)nc2N(C)c2ccccc2)C1. The first-order chi connectivity index (χ1) is 16.5. The molecule has 0 radical (unpaired) electrons. The highest BCUT2D eigenvalue weighted by Gasteiger charge is 2.32. The van der Waals surface area contributed by atoms with E-state index >= 15 is 0 Å². The van der Waals surface area contributed by atoms with E-state index in [0.717, 1.165) is 29.7 Å². The largest absolute Gasteiger partial charge is 0.466 e. The molecule has 7 nitrogen and oxygen atoms in total. The Hall–Kier alpha value is -3.74. The molecule has 1 saturated heterocycles. The van der Waals surface area contributed by atoms with Crippen molar-refractivity contribution in [1.82, 2.24) is 14.9 Å². The molecule has 0 N–H and O–H groups in total. The van der Waals surface area contributed by atoms with Gasteiger partial charge in [0.1, 0.15) is 11.4 Å². The van der Waals surface area contributed by atoms with E-state index in [1.807, 2.05) is 73.5 Å². The predicted molar refractivity (Wildman–Crippen MR) is 132 cm³/mol. The van der Waals surface area contributed by atoms with Crippen molar-refractivity contribution in [3.05, 3.63) is 71.9 Å². The number of ether oxygens (including phenoxy) is 1. The number of hydrogen-bond donors (Lipinski definition) is 0. The molecule has 1 fully saturated rings. The number of esters is 1. The molecular formula is C27H30N4O3. The molecule has 0 spiro atoms. The van der Waals surface area contributed by atoms with Crippen LogP contribution >= 0.6 is 0 Å². The summed E-state index contributed by atoms with van der Waals surface area (Å²) in [7, 11) is 1.89. The Bertz CT molecular complexity index is 1170. The van der Waals surface area contributed by atoms with Crippen molar-refractivity contribution in [2.45, 2.75) is 26.7 Å². The van der Waals surface area contributed by atoms with Crippen LogP contribution in [-0.2, 0) is 9.53 Å². The first kappa shape index (κ1) is 23.4. The lowest BCUT2D eigenvalue weighted by atomic mass is 9.97. The number of piperidine rings is 1. The van der Waals surface area contributed by atoms with Crippen LogP contribution in [0.2, 0.25) is 0 Å². The summed E-state index contributed by atoms with van der Waals surface area (Å²) in [6.45, 7) is 5.08. The van der Waals surface area contributed by atoms with Gasteiger partial charge in [-0.3, -0.25) is 9.59 Å². The van der Waals surface area contributed by atoms with Crippen LogP contribution in [0, 0.1) is 12.8 Å². The van der Waals surface area contributed by atoms with Gasteiger partial charge in [-0.1, -0.05) is 42.0 Å². The maximum atomic E-state index is 13.7. The van der Waals surface area contributed by atoms with Gasteiger partial charge in [0.15, 0.2) is 5.82 Å². The van der Waals surface area contributed by atoms with E-state index in [0.29, 0.717) is 36.9 Å². The lowest BCUT2D eigenvalue weighted by molar-refractivity contribution is -0.149. The molecule has 3 aromatic rings. The Labute approximate surface area is 200 Å². The average Bonchev–Trinajstić information content (AvgIpc) is 2.88. The fourth-order valence-electron chi connectivity index (χ4n) is 4.26. The van der Waals surface area contributed by atoms with Gasteiger partial charge in [0.05, 0.1) is 12.5 Å². The highest BCUT2D eigenvalue weighted by Crippen LogP contribution is 2.29. The molecule has 34 heavy (non-hydrogen) atoms. The molecule has 4 rings (SSSR count). The number of rotatable bonds is 6. The summed E-state index contributed by atoms with van der Waals surface area (Å²) in [4.78, 5) is 39.0. The second kappa shape index (κ2) is 10.5. The van der Waals surface area contributed by atoms with E-state index in [-0.39, 0.29) is 17.8 Å². The van der Waals surface area contributed by atoms with Gasteiger partial charge in [-0.25, -0.2) is 9.97 Å². The van der Waals surface area contributed by atoms with Crippen LogP contribution in [0.1, 0.15) is 35.7 Å². The number of carbonyl (C=O) groups is 2. The molecule has 1 aliphatic rings. The summed E-state index contributed by atoms with van der Waals surface area (Å²) in [6, 6.07) is 17.8. The molecule has 0 aliphatic carbocycles. The highest BCUT2D eigenvalue weighted by atomic mass is 16.5. The molecule has 2 heterocycles. The number of carbonyl (C=O) groups excluding carboxylic acids is 2. The standard InChI is InChI=1S/C27H30N4O3/c1-4-34-27(33)21-12-9-15-31(18-21)26(32)23-17-28-24(20-11-8-10-19(2)16-20)29-25(23)30(3)22-13-6-5-7-14-22/h5-8,10-11,13-14,16-17,21H,4,9,12,15,18H2,1-3H3. The fourth-order valence-corrected chi connectivity index (χ4v) is 4.26. The maximum Gasteiger partial charge on any atom is 0.310 e. The minimum Gasteiger partial charge on any atom is -0.466 e. The van der Waals surface area contributed by atoms with Crippen molar-refractivity contribution in [2.75, 3.05) is 31.6 Å². The molecule has 176 valence electrons. The van der Waals surface area contributed by atoms with Crippen molar-refractivity contribution in [1.29, 1.82) is 0 Å². The summed E-state index contributed by atoms with van der Waals surface area (Å²) in [5.74, 6) is 0.359. The minimum absolute atomic E-state index is 0.178. The van der Waals surface area contributed by atoms with Crippen molar-refractivity contribution >= 4 is 23.4 Å². The van der Waals surface area contributed by atoms with Crippen LogP contribution in [0.25, 0.3) is 11.4 Å². The quantitative estimate of drug-likeness (QED) is 0.501. The van der Waals surface area contributed by atoms with Crippen molar-refractivity contribution in [3.8, 4) is 11.4 Å². The van der Waals surface area contributed by atoms with Crippen LogP contribution in [0.5, 0.6) is 0 Å². The Balaban J connectivity index is 1.71. The van der Waals surface area contributed by atoms with Gasteiger partial charge in [0.25, 0.3) is 5.91 Å². The lowest BCUT2D eigenvalue weighted by Gasteiger charge is -2.32. The van der Waals surface area contributed by atoms with E-state index < -0.39 is 0 Å². The third-order valence-electron chi connectivity index (χ3n) is 6.07. The number of benzene rings is 2. The molecule has 0 saturated carbocycles. The normalized spacial score (nSPS) is 15.6. The minimum atomic E-state index is -0.305. The number of nitrogens with zero attached hydrogens (tertiary/aromatic N) is 4. The Morgan fingerprint density at radius 2 is 1.94 bits per heavy atom. The molecule has 1 amide bonds. The van der Waals surface area contributed by atoms with Crippen LogP contribution in [0.3, 0.4) is 0 Å². The van der Waals surface area contributed by atoms with Crippen LogP contribution in [0.15, 0.2) is 60.8 Å². The molecule has 7 heteroatoms. The zero-order valence-corrected chi connectivity index (χ0v) is 19.9. The van der Waals surface area contributed by atoms with Crippen molar-refractivity contribution < 1.29 is 14.3 Å². The molecule has 0 bridgehead atoms. The van der Waals surface area contributed by atoms with Gasteiger partial charge >= 0.3 is 5.97 Å². The topological polar surface area (TPSA) is 75.6 Å². The van der Waals surface area contributed by atoms with E-state index in [4.69, 9.17) is 9.72 Å². The van der Waals surface area contributed by atoms with Crippen LogP contribution in [-0.4, -0.2) is 53.5 Å². The van der Waals surface area contributed by atoms with E-state index in [9.17, 15) is 9.59 Å². The highest BCUT2D eigenvalue weighted by molar-refractivity contribution is 6.00. The van der Waals surface area contributed by atoms with Gasteiger partial charge < -0.3 is 14.5 Å². The fraction of sp³-hybridized carbons (Fsp3) is 0.333. The number of amides is 1. The van der Waals surface area contributed by atoms with Gasteiger partial charge in [0, 0.05) is 37.6 Å². The lowest BCUT2D eigenvalue weighted by Crippen LogP contribution is -2.43. The van der Waals surface area contributed by atoms with Crippen molar-refractivity contribution in [2.24, 2.45) is 5.92 Å². The zero-order valence-electron chi connectivity index (χ0n) is 19.9. The van der Waals surface area contributed by atoms with Crippen molar-refractivity contribution in [3.63, 3.8) is 0 Å². The number of aromatic nitrogens is 2. The van der Waals surface area contributed by atoms with Crippen LogP contribution in [0.4, 0.5) is 11.5 Å². The first-order valence-electron chi connectivity index (χ1n) is 11.7. The Kier molecular flexibility index (Phi) is 7.21. The molecule has 1 aromatic heterocycles. The Morgan fingerprint density at radius 3 is 2.68 bits per heavy atom. The molecular weight excluding hydrogens is 428 g/mol. The summed E-state index contributed by atoms with van der Waals surface area (Å²) in [6.07, 6.45) is 3.08. The monoisotopic (exact) mass is 458 g/mol. The number of hydrogen-bond acceptors (Lipinski definition) is 6. The first-order valence-corrected chi connectivity index (χ1v) is 11.7. The van der Waals surface area contributed by atoms with Gasteiger partial charge in [-0.2, -0.15) is 0 Å². The van der Waals surface area contributed by atoms with E-state index in [2.05, 4.69) is 4.98 Å². The predicted octanol–water partition coefficient (Wildman–Crippen LogP) is 4.64. The molecule has 1 atom stereocenters. The number of anilines is 2. The number of para-hydroxylation sites is 1. The third-order valence-corrected chi connectivity index (χ3v) is 6.07. The Morgan fingerprint density at radius 1 is 1.15 bits per heavy atom. The summed E-state index contributed by atoms with van der Waals surface area (Å²) in [5.41, 5.74) is 3.32. The molecule has 2 aromatic carbocycles. The summed E-state index contributed by atoms with van der Waals surface area (Å²) < 4.78 is 5.20. The average molecular weight is 459 g/mol. The van der Waals surface area contributed by atoms with Crippen LogP contribution < -0.4 is 4.90 Å². The zero-order chi connectivity index (χ0) is 24.1. The van der Waals surface area contributed by atoms with Gasteiger partial charge in [0.2, 0.25) is 0 Å². The van der Waals surface area contributed by atoms with Gasteiger partial charge in [-0.05, 0) is 44.9 Å². The second-order valence-electron chi connectivity index (χ2n) is 8.54. The van der Waals surface area contributed by atoms with E-state index in [1.165, 1.54) is 0 Å². The number of likely N-dealkylation sites (tertiary alicyclic amines) is 1. The smallest absolute Gasteiger partial charge is 0.310 e.